The number of benzene rings is 2. The lowest BCUT2D eigenvalue weighted by atomic mass is 10.1. The van der Waals surface area contributed by atoms with Crippen LogP contribution in [0.5, 0.6) is 5.75 Å². The van der Waals surface area contributed by atoms with Crippen molar-refractivity contribution >= 4 is 34.1 Å². The molecule has 1 aliphatic rings. The van der Waals surface area contributed by atoms with Crippen molar-refractivity contribution in [3.05, 3.63) is 48.5 Å². The molecule has 2 amide bonds. The second kappa shape index (κ2) is 10.4. The minimum atomic E-state index is -1.34. The van der Waals surface area contributed by atoms with Crippen LogP contribution in [0.2, 0.25) is 0 Å². The van der Waals surface area contributed by atoms with E-state index in [1.165, 1.54) is 26.2 Å². The van der Waals surface area contributed by atoms with Crippen LogP contribution in [0.4, 0.5) is 30.8 Å². The first-order valence-electron chi connectivity index (χ1n) is 11.6. The van der Waals surface area contributed by atoms with Gasteiger partial charge < -0.3 is 25.6 Å². The number of halogens is 2. The van der Waals surface area contributed by atoms with Gasteiger partial charge in [0.15, 0.2) is 0 Å². The minimum Gasteiger partial charge on any atom is -0.489 e. The summed E-state index contributed by atoms with van der Waals surface area (Å²) >= 11 is 0. The molecule has 0 bridgehead atoms. The lowest BCUT2D eigenvalue weighted by molar-refractivity contribution is 0.200. The minimum absolute atomic E-state index is 0.0287. The van der Waals surface area contributed by atoms with Gasteiger partial charge in [0.05, 0.1) is 10.9 Å². The van der Waals surface area contributed by atoms with E-state index < -0.39 is 17.5 Å². The third-order valence-corrected chi connectivity index (χ3v) is 5.72. The van der Waals surface area contributed by atoms with Crippen molar-refractivity contribution in [3.63, 3.8) is 0 Å². The van der Waals surface area contributed by atoms with Crippen LogP contribution in [0, 0.1) is 5.82 Å². The van der Waals surface area contributed by atoms with Gasteiger partial charge in [0, 0.05) is 43.1 Å². The molecule has 0 radical (unpaired) electrons. The Balaban J connectivity index is 1.41. The zero-order chi connectivity index (χ0) is 25.0. The number of likely N-dealkylation sites (tertiary alicyclic amines) is 1. The summed E-state index contributed by atoms with van der Waals surface area (Å²) in [5.41, 5.74) is 0.317. The van der Waals surface area contributed by atoms with Gasteiger partial charge in [-0.05, 0) is 58.0 Å². The van der Waals surface area contributed by atoms with Gasteiger partial charge in [-0.1, -0.05) is 0 Å². The molecule has 4 rings (SSSR count). The van der Waals surface area contributed by atoms with Gasteiger partial charge in [0.1, 0.15) is 35.5 Å². The Morgan fingerprint density at radius 1 is 1.20 bits per heavy atom. The number of carbonyl (C=O) groups excluding carboxylic acids is 1. The summed E-state index contributed by atoms with van der Waals surface area (Å²) in [5, 5.41) is 8.69. The van der Waals surface area contributed by atoms with Gasteiger partial charge in [0.2, 0.25) is 0 Å². The number of carbonyl (C=O) groups is 1. The first-order valence-corrected chi connectivity index (χ1v) is 11.6. The average Bonchev–Trinajstić information content (AvgIpc) is 3.18. The molecular weight excluding hydrogens is 454 g/mol. The average molecular weight is 485 g/mol. The summed E-state index contributed by atoms with van der Waals surface area (Å²) in [5.74, 6) is 0.300. The Labute approximate surface area is 203 Å². The highest BCUT2D eigenvalue weighted by Gasteiger charge is 2.22. The molecule has 0 unspecified atom stereocenters. The number of urea groups is 1. The highest BCUT2D eigenvalue weighted by molar-refractivity contribution is 5.92. The molecule has 3 aromatic rings. The van der Waals surface area contributed by atoms with E-state index in [1.54, 1.807) is 30.3 Å². The zero-order valence-electron chi connectivity index (χ0n) is 20.1. The number of amides is 2. The number of likely N-dealkylation sites (N-methyl/N-ethyl adjacent to an activating group) is 1. The van der Waals surface area contributed by atoms with Gasteiger partial charge in [-0.3, -0.25) is 0 Å². The third-order valence-electron chi connectivity index (χ3n) is 5.72. The Morgan fingerprint density at radius 2 is 1.94 bits per heavy atom. The number of aromatic nitrogens is 2. The van der Waals surface area contributed by atoms with E-state index in [-0.39, 0.29) is 24.5 Å². The molecule has 1 fully saturated rings. The first-order chi connectivity index (χ1) is 16.7. The van der Waals surface area contributed by atoms with E-state index in [2.05, 4.69) is 30.8 Å². The topological polar surface area (TPSA) is 91.4 Å². The molecule has 2 aromatic carbocycles. The van der Waals surface area contributed by atoms with Gasteiger partial charge in [0.25, 0.3) is 0 Å². The quantitative estimate of drug-likeness (QED) is 0.423. The van der Waals surface area contributed by atoms with Gasteiger partial charge in [-0.25, -0.2) is 23.5 Å². The van der Waals surface area contributed by atoms with E-state index in [4.69, 9.17) is 4.74 Å². The lowest BCUT2D eigenvalue weighted by Crippen LogP contribution is -2.32. The van der Waals surface area contributed by atoms with Crippen LogP contribution in [-0.2, 0) is 0 Å². The maximum Gasteiger partial charge on any atom is 0.319 e. The van der Waals surface area contributed by atoms with Crippen molar-refractivity contribution in [1.82, 2.24) is 20.2 Å². The number of anilines is 3. The molecule has 8 nitrogen and oxygen atoms in total. The van der Waals surface area contributed by atoms with Crippen LogP contribution >= 0.6 is 0 Å². The predicted molar refractivity (Wildman–Crippen MR) is 133 cm³/mol. The molecule has 10 heteroatoms. The van der Waals surface area contributed by atoms with Crippen LogP contribution in [0.15, 0.2) is 42.7 Å². The number of hydrogen-bond donors (Lipinski definition) is 3. The molecule has 3 N–H and O–H groups in total. The maximum absolute atomic E-state index is 15.1. The Hall–Kier alpha value is -3.53. The van der Waals surface area contributed by atoms with Gasteiger partial charge >= 0.3 is 6.03 Å². The van der Waals surface area contributed by atoms with Crippen molar-refractivity contribution in [1.29, 1.82) is 0 Å². The second-order valence-electron chi connectivity index (χ2n) is 9.36. The van der Waals surface area contributed by atoms with Crippen LogP contribution in [-0.4, -0.2) is 59.4 Å². The number of fused-ring (bicyclic) bond motifs is 1. The van der Waals surface area contributed by atoms with Crippen molar-refractivity contribution in [2.75, 3.05) is 37.3 Å². The van der Waals surface area contributed by atoms with E-state index in [0.29, 0.717) is 28.5 Å². The highest BCUT2D eigenvalue weighted by Crippen LogP contribution is 2.30. The second-order valence-corrected chi connectivity index (χ2v) is 9.36. The molecule has 0 aliphatic carbocycles. The fourth-order valence-electron chi connectivity index (χ4n) is 3.89. The van der Waals surface area contributed by atoms with E-state index in [0.717, 1.165) is 19.5 Å². The van der Waals surface area contributed by atoms with Crippen LogP contribution in [0.25, 0.3) is 10.9 Å². The monoisotopic (exact) mass is 484 g/mol. The molecule has 1 aromatic heterocycles. The maximum atomic E-state index is 15.1. The van der Waals surface area contributed by atoms with Crippen LogP contribution in [0.3, 0.4) is 0 Å². The standard InChI is InChI=1S/C25H30F2N6O2/c1-25(2,27)9-10-28-24(34)32-17-6-4-16(5-7-17)31-23-22-20(26)12-19(13-21(22)29-15-30-23)35-18-8-11-33(3)14-18/h4-7,12-13,15,18H,8-11,14H2,1-3H3,(H2,28,32,34)(H,29,30,31)/t18-/m0/s1. The number of hydrogen-bond acceptors (Lipinski definition) is 6. The summed E-state index contributed by atoms with van der Waals surface area (Å²) in [6.07, 6.45) is 2.52. The number of ether oxygens (including phenoxy) is 1. The highest BCUT2D eigenvalue weighted by atomic mass is 19.1. The summed E-state index contributed by atoms with van der Waals surface area (Å²) in [6.45, 7) is 4.91. The number of alkyl halides is 1. The van der Waals surface area contributed by atoms with Gasteiger partial charge in [-0.15, -0.1) is 0 Å². The number of rotatable bonds is 8. The van der Waals surface area contributed by atoms with Crippen molar-refractivity contribution < 1.29 is 18.3 Å². The molecule has 1 atom stereocenters. The largest absolute Gasteiger partial charge is 0.489 e. The number of nitrogens with one attached hydrogen (secondary N) is 3. The van der Waals surface area contributed by atoms with E-state index >= 15 is 4.39 Å². The molecular formula is C25H30F2N6O2. The molecule has 35 heavy (non-hydrogen) atoms. The molecule has 1 aliphatic heterocycles. The van der Waals surface area contributed by atoms with Gasteiger partial charge in [-0.2, -0.15) is 0 Å². The molecule has 1 saturated heterocycles. The summed E-state index contributed by atoms with van der Waals surface area (Å²) in [7, 11) is 2.03. The lowest BCUT2D eigenvalue weighted by Gasteiger charge is -2.15. The van der Waals surface area contributed by atoms with Crippen molar-refractivity contribution in [3.8, 4) is 5.75 Å². The SMILES string of the molecule is CN1CC[C@H](Oc2cc(F)c3c(Nc4ccc(NC(=O)NCCC(C)(C)F)cc4)ncnc3c2)C1. The summed E-state index contributed by atoms with van der Waals surface area (Å²) in [4.78, 5) is 22.6. The smallest absolute Gasteiger partial charge is 0.319 e. The molecule has 0 spiro atoms. The molecule has 2 heterocycles. The third kappa shape index (κ3) is 6.75. The predicted octanol–water partition coefficient (Wildman–Crippen LogP) is 4.86. The number of nitrogens with zero attached hydrogens (tertiary/aromatic N) is 3. The fraction of sp³-hybridized carbons (Fsp3) is 0.400. The van der Waals surface area contributed by atoms with E-state index in [1.807, 2.05) is 7.05 Å². The molecule has 186 valence electrons. The van der Waals surface area contributed by atoms with Crippen LogP contribution in [0.1, 0.15) is 26.7 Å². The Morgan fingerprint density at radius 3 is 2.63 bits per heavy atom. The first kappa shape index (κ1) is 24.6. The summed E-state index contributed by atoms with van der Waals surface area (Å²) in [6, 6.07) is 9.54. The van der Waals surface area contributed by atoms with Crippen molar-refractivity contribution in [2.45, 2.75) is 38.5 Å². The van der Waals surface area contributed by atoms with Crippen molar-refractivity contribution in [2.24, 2.45) is 0 Å². The zero-order valence-corrected chi connectivity index (χ0v) is 20.1. The Kier molecular flexibility index (Phi) is 7.30. The molecule has 0 saturated carbocycles. The van der Waals surface area contributed by atoms with E-state index in [9.17, 15) is 9.18 Å². The fourth-order valence-corrected chi connectivity index (χ4v) is 3.89. The van der Waals surface area contributed by atoms with Crippen LogP contribution < -0.4 is 20.7 Å². The normalized spacial score (nSPS) is 16.3. The Bertz CT molecular complexity index is 1180. The summed E-state index contributed by atoms with van der Waals surface area (Å²) < 4.78 is 34.5.